The number of nitrogens with one attached hydrogen (secondary N) is 1. The second-order valence-electron chi connectivity index (χ2n) is 6.72. The third kappa shape index (κ3) is 6.16. The lowest BCUT2D eigenvalue weighted by molar-refractivity contribution is 0.874. The monoisotopic (exact) mass is 428 g/mol. The summed E-state index contributed by atoms with van der Waals surface area (Å²) in [7, 11) is 0. The molecular weight excluding hydrogens is 404 g/mol. The standard InChI is InChI=1S/C20H24N6OS2/c1-12-3-5-14(6-4-12)9-16-13(2)23-17(25-18(16)27)7-8-28-10-15-11-29-20(24-15)26-19(21)22/h3-6,11H,7-10H2,1-2H3,(H,23,25,27)(H4,21,22,24,26). The highest BCUT2D eigenvalue weighted by atomic mass is 32.2. The molecule has 1 aromatic carbocycles. The van der Waals surface area contributed by atoms with E-state index in [1.165, 1.54) is 16.9 Å². The van der Waals surface area contributed by atoms with E-state index in [2.05, 4.69) is 44.2 Å². The molecule has 3 rings (SSSR count). The van der Waals surface area contributed by atoms with Crippen LogP contribution in [-0.2, 0) is 18.6 Å². The Hall–Kier alpha value is -2.65. The summed E-state index contributed by atoms with van der Waals surface area (Å²) < 4.78 is 0. The molecule has 0 amide bonds. The molecule has 2 aromatic heterocycles. The van der Waals surface area contributed by atoms with Crippen LogP contribution in [0.25, 0.3) is 0 Å². The van der Waals surface area contributed by atoms with Crippen LogP contribution in [0.2, 0.25) is 0 Å². The fourth-order valence-electron chi connectivity index (χ4n) is 2.78. The Kier molecular flexibility index (Phi) is 7.05. The van der Waals surface area contributed by atoms with E-state index in [1.807, 2.05) is 19.2 Å². The zero-order valence-corrected chi connectivity index (χ0v) is 18.1. The molecule has 2 heterocycles. The summed E-state index contributed by atoms with van der Waals surface area (Å²) >= 11 is 3.13. The molecule has 0 saturated heterocycles. The molecule has 0 fully saturated rings. The minimum Gasteiger partial charge on any atom is -0.370 e. The number of aryl methyl sites for hydroxylation is 3. The summed E-state index contributed by atoms with van der Waals surface area (Å²) in [6, 6.07) is 8.21. The summed E-state index contributed by atoms with van der Waals surface area (Å²) in [5.74, 6) is 2.31. The van der Waals surface area contributed by atoms with E-state index in [4.69, 9.17) is 11.5 Å². The predicted molar refractivity (Wildman–Crippen MR) is 121 cm³/mol. The van der Waals surface area contributed by atoms with Gasteiger partial charge in [0.15, 0.2) is 5.96 Å². The lowest BCUT2D eigenvalue weighted by atomic mass is 10.0. The Bertz CT molecular complexity index is 1050. The molecule has 0 unspecified atom stereocenters. The molecule has 5 N–H and O–H groups in total. The normalized spacial score (nSPS) is 10.8. The first-order valence-electron chi connectivity index (χ1n) is 9.16. The van der Waals surface area contributed by atoms with Gasteiger partial charge in [0, 0.05) is 41.0 Å². The zero-order valence-electron chi connectivity index (χ0n) is 16.4. The Morgan fingerprint density at radius 3 is 2.66 bits per heavy atom. The minimum absolute atomic E-state index is 0.00905. The molecule has 0 saturated carbocycles. The van der Waals surface area contributed by atoms with Crippen LogP contribution in [0.5, 0.6) is 0 Å². The molecular formula is C20H24N6OS2. The highest BCUT2D eigenvalue weighted by Gasteiger charge is 2.09. The van der Waals surface area contributed by atoms with Crippen LogP contribution in [0.15, 0.2) is 39.4 Å². The number of aromatic nitrogens is 3. The summed E-state index contributed by atoms with van der Waals surface area (Å²) in [5, 5.41) is 2.50. The first-order valence-corrected chi connectivity index (χ1v) is 11.2. The van der Waals surface area contributed by atoms with Crippen molar-refractivity contribution in [2.24, 2.45) is 16.5 Å². The number of aromatic amines is 1. The number of nitrogens with two attached hydrogens (primary N) is 2. The van der Waals surface area contributed by atoms with Crippen molar-refractivity contribution in [3.63, 3.8) is 0 Å². The molecule has 0 atom stereocenters. The molecule has 0 aliphatic heterocycles. The van der Waals surface area contributed by atoms with Crippen molar-refractivity contribution < 1.29 is 0 Å². The number of guanidine groups is 1. The van der Waals surface area contributed by atoms with Crippen molar-refractivity contribution in [3.05, 3.63) is 73.9 Å². The van der Waals surface area contributed by atoms with E-state index in [0.29, 0.717) is 23.8 Å². The van der Waals surface area contributed by atoms with Crippen molar-refractivity contribution in [2.45, 2.75) is 32.4 Å². The Morgan fingerprint density at radius 1 is 1.21 bits per heavy atom. The van der Waals surface area contributed by atoms with Crippen LogP contribution < -0.4 is 17.0 Å². The number of thiazole rings is 1. The first-order chi connectivity index (χ1) is 13.9. The van der Waals surface area contributed by atoms with E-state index < -0.39 is 0 Å². The van der Waals surface area contributed by atoms with Gasteiger partial charge in [-0.15, -0.1) is 11.3 Å². The van der Waals surface area contributed by atoms with Gasteiger partial charge in [-0.1, -0.05) is 29.8 Å². The molecule has 0 spiro atoms. The predicted octanol–water partition coefficient (Wildman–Crippen LogP) is 2.81. The molecule has 7 nitrogen and oxygen atoms in total. The van der Waals surface area contributed by atoms with Crippen LogP contribution in [0.1, 0.15) is 33.9 Å². The van der Waals surface area contributed by atoms with Gasteiger partial charge >= 0.3 is 0 Å². The maximum atomic E-state index is 12.5. The van der Waals surface area contributed by atoms with Gasteiger partial charge in [-0.05, 0) is 19.4 Å². The van der Waals surface area contributed by atoms with Gasteiger partial charge in [-0.3, -0.25) is 4.79 Å². The topological polar surface area (TPSA) is 123 Å². The Morgan fingerprint density at radius 2 is 1.97 bits per heavy atom. The maximum Gasteiger partial charge on any atom is 0.276 e. The molecule has 29 heavy (non-hydrogen) atoms. The van der Waals surface area contributed by atoms with Gasteiger partial charge in [-0.25, -0.2) is 4.98 Å². The summed E-state index contributed by atoms with van der Waals surface area (Å²) in [6.07, 6.45) is 1.28. The average Bonchev–Trinajstić information content (AvgIpc) is 3.10. The van der Waals surface area contributed by atoms with Crippen molar-refractivity contribution in [2.75, 3.05) is 5.75 Å². The molecule has 0 radical (unpaired) electrons. The third-order valence-electron chi connectivity index (χ3n) is 4.28. The van der Waals surface area contributed by atoms with Crippen LogP contribution in [-0.4, -0.2) is 26.7 Å². The first kappa shape index (κ1) is 21.1. The van der Waals surface area contributed by atoms with Gasteiger partial charge in [0.2, 0.25) is 5.13 Å². The van der Waals surface area contributed by atoms with Gasteiger partial charge in [-0.2, -0.15) is 21.7 Å². The fraction of sp³-hybridized carbons (Fsp3) is 0.300. The third-order valence-corrected chi connectivity index (χ3v) is 6.05. The number of thioether (sulfide) groups is 1. The Labute approximate surface area is 177 Å². The van der Waals surface area contributed by atoms with Crippen molar-refractivity contribution in [1.29, 1.82) is 0 Å². The maximum absolute atomic E-state index is 12.5. The summed E-state index contributed by atoms with van der Waals surface area (Å²) in [6.45, 7) is 3.98. The van der Waals surface area contributed by atoms with Gasteiger partial charge < -0.3 is 16.5 Å². The largest absolute Gasteiger partial charge is 0.370 e. The van der Waals surface area contributed by atoms with Crippen molar-refractivity contribution in [3.8, 4) is 0 Å². The fourth-order valence-corrected chi connectivity index (χ4v) is 4.43. The molecule has 0 aliphatic rings. The van der Waals surface area contributed by atoms with Crippen LogP contribution >= 0.6 is 23.1 Å². The van der Waals surface area contributed by atoms with Gasteiger partial charge in [0.1, 0.15) is 5.82 Å². The quantitative estimate of drug-likeness (QED) is 0.288. The van der Waals surface area contributed by atoms with Crippen molar-refractivity contribution >= 4 is 34.2 Å². The minimum atomic E-state index is -0.150. The SMILES string of the molecule is Cc1ccc(Cc2c(C)[nH]c(CCSCc3csc(N=C(N)N)n3)nc2=O)cc1. The van der Waals surface area contributed by atoms with Crippen LogP contribution in [0.4, 0.5) is 5.13 Å². The highest BCUT2D eigenvalue weighted by molar-refractivity contribution is 7.98. The van der Waals surface area contributed by atoms with Gasteiger partial charge in [0.05, 0.1) is 5.69 Å². The zero-order chi connectivity index (χ0) is 20.8. The molecule has 3 aromatic rings. The number of benzene rings is 1. The lowest BCUT2D eigenvalue weighted by Crippen LogP contribution is -2.21. The van der Waals surface area contributed by atoms with Gasteiger partial charge in [0.25, 0.3) is 5.56 Å². The van der Waals surface area contributed by atoms with Crippen LogP contribution in [0.3, 0.4) is 0 Å². The number of rotatable bonds is 8. The molecule has 0 bridgehead atoms. The summed E-state index contributed by atoms with van der Waals surface area (Å²) in [4.78, 5) is 28.3. The number of hydrogen-bond donors (Lipinski definition) is 3. The van der Waals surface area contributed by atoms with E-state index in [1.54, 1.807) is 11.8 Å². The molecule has 9 heteroatoms. The number of H-pyrrole nitrogens is 1. The number of hydrogen-bond acceptors (Lipinski definition) is 6. The lowest BCUT2D eigenvalue weighted by Gasteiger charge is -2.08. The van der Waals surface area contributed by atoms with E-state index in [9.17, 15) is 4.79 Å². The summed E-state index contributed by atoms with van der Waals surface area (Å²) in [5.41, 5.74) is 15.4. The second kappa shape index (κ2) is 9.71. The van der Waals surface area contributed by atoms with E-state index >= 15 is 0 Å². The second-order valence-corrected chi connectivity index (χ2v) is 8.66. The Balaban J connectivity index is 1.55. The van der Waals surface area contributed by atoms with E-state index in [0.717, 1.165) is 34.0 Å². The molecule has 152 valence electrons. The van der Waals surface area contributed by atoms with Crippen molar-refractivity contribution in [1.82, 2.24) is 15.0 Å². The average molecular weight is 429 g/mol. The number of aliphatic imine (C=N–C) groups is 1. The van der Waals surface area contributed by atoms with E-state index in [-0.39, 0.29) is 11.5 Å². The highest BCUT2D eigenvalue weighted by Crippen LogP contribution is 2.22. The van der Waals surface area contributed by atoms with Crippen LogP contribution in [0, 0.1) is 13.8 Å². The molecule has 0 aliphatic carbocycles. The number of nitrogens with zero attached hydrogens (tertiary/aromatic N) is 3. The smallest absolute Gasteiger partial charge is 0.276 e.